The van der Waals surface area contributed by atoms with Crippen molar-refractivity contribution in [2.75, 3.05) is 13.6 Å². The largest absolute Gasteiger partial charge is 0.341 e. The molecule has 0 amide bonds. The van der Waals surface area contributed by atoms with Crippen LogP contribution in [0.25, 0.3) is 11.0 Å². The van der Waals surface area contributed by atoms with Gasteiger partial charge in [0, 0.05) is 12.8 Å². The first kappa shape index (κ1) is 20.3. The lowest BCUT2D eigenvalue weighted by Gasteiger charge is -2.35. The molecule has 2 aromatic carbocycles. The first-order chi connectivity index (χ1) is 14.4. The zero-order valence-electron chi connectivity index (χ0n) is 17.9. The monoisotopic (exact) mass is 400 g/mol. The maximum atomic E-state index is 12.7. The van der Waals surface area contributed by atoms with Gasteiger partial charge in [-0.2, -0.15) is 5.26 Å². The summed E-state index contributed by atoms with van der Waals surface area (Å²) in [6.45, 7) is 5.21. The van der Waals surface area contributed by atoms with E-state index in [4.69, 9.17) is 10.2 Å². The average molecular weight is 401 g/mol. The summed E-state index contributed by atoms with van der Waals surface area (Å²) < 4.78 is 0. The second-order valence-corrected chi connectivity index (χ2v) is 8.69. The van der Waals surface area contributed by atoms with Crippen molar-refractivity contribution < 1.29 is 4.79 Å². The molecule has 5 heteroatoms. The van der Waals surface area contributed by atoms with E-state index < -0.39 is 0 Å². The number of carbonyl (C=O) groups is 1. The standard InChI is InChI=1S/C25H28N4O/c1-16-10-22-23(11-17(16)2)28-25(27-22)24-14-20(8-9-29(24)3)13-21(30)12-18-4-6-19(15-26)7-5-18/h4-7,10-11,20,24H,8-9,12-14H2,1-3H3,(H,27,28)/t20-,24+/m0/s1. The quantitative estimate of drug-likeness (QED) is 0.677. The highest BCUT2D eigenvalue weighted by Crippen LogP contribution is 2.34. The van der Waals surface area contributed by atoms with E-state index >= 15 is 0 Å². The normalized spacial score (nSPS) is 19.7. The molecule has 1 aliphatic heterocycles. The number of carbonyl (C=O) groups excluding carboxylic acids is 1. The van der Waals surface area contributed by atoms with Crippen molar-refractivity contribution in [3.8, 4) is 6.07 Å². The van der Waals surface area contributed by atoms with Crippen LogP contribution in [0.1, 0.15) is 53.4 Å². The molecule has 1 N–H and O–H groups in total. The number of nitrogens with one attached hydrogen (secondary N) is 1. The van der Waals surface area contributed by atoms with Gasteiger partial charge in [-0.05, 0) is 87.2 Å². The number of piperidine rings is 1. The molecule has 30 heavy (non-hydrogen) atoms. The van der Waals surface area contributed by atoms with Gasteiger partial charge in [0.15, 0.2) is 0 Å². The highest BCUT2D eigenvalue weighted by Gasteiger charge is 2.30. The second kappa shape index (κ2) is 8.41. The van der Waals surface area contributed by atoms with E-state index in [0.717, 1.165) is 41.8 Å². The number of nitrogens with zero attached hydrogens (tertiary/aromatic N) is 3. The van der Waals surface area contributed by atoms with Gasteiger partial charge >= 0.3 is 0 Å². The number of hydrogen-bond acceptors (Lipinski definition) is 4. The first-order valence-electron chi connectivity index (χ1n) is 10.6. The van der Waals surface area contributed by atoms with Crippen LogP contribution in [0.3, 0.4) is 0 Å². The number of Topliss-reactive ketones (excluding diaryl/α,β-unsaturated/α-hetero) is 1. The van der Waals surface area contributed by atoms with E-state index in [1.165, 1.54) is 11.1 Å². The first-order valence-corrected chi connectivity index (χ1v) is 10.6. The Kier molecular flexibility index (Phi) is 5.69. The molecule has 1 fully saturated rings. The molecule has 2 atom stereocenters. The van der Waals surface area contributed by atoms with E-state index in [-0.39, 0.29) is 11.8 Å². The minimum Gasteiger partial charge on any atom is -0.341 e. The van der Waals surface area contributed by atoms with Crippen molar-refractivity contribution >= 4 is 16.8 Å². The summed E-state index contributed by atoms with van der Waals surface area (Å²) in [4.78, 5) is 23.4. The van der Waals surface area contributed by atoms with Gasteiger partial charge in [-0.15, -0.1) is 0 Å². The molecule has 154 valence electrons. The minimum atomic E-state index is 0.208. The second-order valence-electron chi connectivity index (χ2n) is 8.69. The van der Waals surface area contributed by atoms with Crippen LogP contribution in [0.2, 0.25) is 0 Å². The lowest BCUT2D eigenvalue weighted by atomic mass is 9.86. The summed E-state index contributed by atoms with van der Waals surface area (Å²) in [7, 11) is 2.14. The molecule has 4 rings (SSSR count). The lowest BCUT2D eigenvalue weighted by Crippen LogP contribution is -2.35. The maximum absolute atomic E-state index is 12.7. The summed E-state index contributed by atoms with van der Waals surface area (Å²) in [5.74, 6) is 1.64. The number of ketones is 1. The summed E-state index contributed by atoms with van der Waals surface area (Å²) in [6.07, 6.45) is 3.01. The number of rotatable bonds is 5. The third-order valence-corrected chi connectivity index (χ3v) is 6.41. The van der Waals surface area contributed by atoms with Crippen LogP contribution in [0.15, 0.2) is 36.4 Å². The van der Waals surface area contributed by atoms with Gasteiger partial charge < -0.3 is 4.98 Å². The van der Waals surface area contributed by atoms with Crippen LogP contribution in [0.4, 0.5) is 0 Å². The fraction of sp³-hybridized carbons (Fsp3) is 0.400. The molecule has 0 unspecified atom stereocenters. The van der Waals surface area contributed by atoms with Crippen molar-refractivity contribution in [2.45, 2.75) is 45.6 Å². The fourth-order valence-electron chi connectivity index (χ4n) is 4.43. The summed E-state index contributed by atoms with van der Waals surface area (Å²) in [5, 5.41) is 8.91. The van der Waals surface area contributed by atoms with Crippen LogP contribution < -0.4 is 0 Å². The smallest absolute Gasteiger partial charge is 0.137 e. The number of aryl methyl sites for hydroxylation is 2. The number of aromatic amines is 1. The number of nitriles is 1. The SMILES string of the molecule is Cc1cc2nc([C@H]3C[C@H](CC(=O)Cc4ccc(C#N)cc4)CCN3C)[nH]c2cc1C. The van der Waals surface area contributed by atoms with Gasteiger partial charge in [0.2, 0.25) is 0 Å². The Balaban J connectivity index is 1.44. The topological polar surface area (TPSA) is 72.8 Å². The van der Waals surface area contributed by atoms with Crippen LogP contribution in [-0.2, 0) is 11.2 Å². The number of fused-ring (bicyclic) bond motifs is 1. The number of imidazole rings is 1. The Morgan fingerprint density at radius 1 is 1.23 bits per heavy atom. The van der Waals surface area contributed by atoms with Gasteiger partial charge in [0.1, 0.15) is 11.6 Å². The van der Waals surface area contributed by atoms with Crippen LogP contribution in [-0.4, -0.2) is 34.2 Å². The molecule has 0 aliphatic carbocycles. The van der Waals surface area contributed by atoms with E-state index in [1.54, 1.807) is 12.1 Å². The number of likely N-dealkylation sites (tertiary alicyclic amines) is 1. The summed E-state index contributed by atoms with van der Waals surface area (Å²) >= 11 is 0. The Morgan fingerprint density at radius 2 is 1.97 bits per heavy atom. The zero-order chi connectivity index (χ0) is 21.3. The molecule has 3 aromatic rings. The number of H-pyrrole nitrogens is 1. The molecule has 1 aliphatic rings. The predicted molar refractivity (Wildman–Crippen MR) is 118 cm³/mol. The minimum absolute atomic E-state index is 0.208. The maximum Gasteiger partial charge on any atom is 0.137 e. The van der Waals surface area contributed by atoms with E-state index in [2.05, 4.69) is 49.0 Å². The Morgan fingerprint density at radius 3 is 2.70 bits per heavy atom. The van der Waals surface area contributed by atoms with E-state index in [9.17, 15) is 4.79 Å². The van der Waals surface area contributed by atoms with E-state index in [0.29, 0.717) is 24.3 Å². The summed E-state index contributed by atoms with van der Waals surface area (Å²) in [5.41, 5.74) is 6.22. The predicted octanol–water partition coefficient (Wildman–Crippen LogP) is 4.64. The fourth-order valence-corrected chi connectivity index (χ4v) is 4.43. The van der Waals surface area contributed by atoms with Crippen LogP contribution in [0.5, 0.6) is 0 Å². The Hall–Kier alpha value is -2.97. The van der Waals surface area contributed by atoms with Crippen molar-refractivity contribution in [2.24, 2.45) is 5.92 Å². The highest BCUT2D eigenvalue weighted by molar-refractivity contribution is 5.81. The highest BCUT2D eigenvalue weighted by atomic mass is 16.1. The van der Waals surface area contributed by atoms with Gasteiger partial charge in [0.25, 0.3) is 0 Å². The number of hydrogen-bond donors (Lipinski definition) is 1. The molecule has 2 heterocycles. The average Bonchev–Trinajstić information content (AvgIpc) is 3.12. The third-order valence-electron chi connectivity index (χ3n) is 6.41. The van der Waals surface area contributed by atoms with Crippen molar-refractivity contribution in [1.82, 2.24) is 14.9 Å². The molecule has 0 saturated carbocycles. The molecule has 0 radical (unpaired) electrons. The van der Waals surface area contributed by atoms with Gasteiger partial charge in [0.05, 0.1) is 28.7 Å². The van der Waals surface area contributed by atoms with Crippen LogP contribution in [0, 0.1) is 31.1 Å². The zero-order valence-corrected chi connectivity index (χ0v) is 17.9. The molecule has 5 nitrogen and oxygen atoms in total. The number of benzene rings is 2. The van der Waals surface area contributed by atoms with E-state index in [1.807, 2.05) is 12.1 Å². The van der Waals surface area contributed by atoms with Gasteiger partial charge in [-0.3, -0.25) is 9.69 Å². The molecule has 0 bridgehead atoms. The molecule has 0 spiro atoms. The molecular weight excluding hydrogens is 372 g/mol. The molecule has 1 saturated heterocycles. The van der Waals surface area contributed by atoms with Crippen molar-refractivity contribution in [1.29, 1.82) is 5.26 Å². The lowest BCUT2D eigenvalue weighted by molar-refractivity contribution is -0.119. The van der Waals surface area contributed by atoms with Crippen molar-refractivity contribution in [3.05, 3.63) is 64.5 Å². The van der Waals surface area contributed by atoms with Gasteiger partial charge in [-0.1, -0.05) is 12.1 Å². The third kappa shape index (κ3) is 4.29. The van der Waals surface area contributed by atoms with Crippen molar-refractivity contribution in [3.63, 3.8) is 0 Å². The van der Waals surface area contributed by atoms with Gasteiger partial charge in [-0.25, -0.2) is 4.98 Å². The Bertz CT molecular complexity index is 1070. The Labute approximate surface area is 177 Å². The molecular formula is C25H28N4O. The molecule has 1 aromatic heterocycles. The summed E-state index contributed by atoms with van der Waals surface area (Å²) in [6, 6.07) is 14.0. The number of aromatic nitrogens is 2. The van der Waals surface area contributed by atoms with Crippen LogP contribution >= 0.6 is 0 Å².